The molecule has 0 unspecified atom stereocenters. The van der Waals surface area contributed by atoms with Crippen molar-refractivity contribution in [2.45, 2.75) is 37.5 Å². The van der Waals surface area contributed by atoms with Crippen molar-refractivity contribution >= 4 is 41.4 Å². The van der Waals surface area contributed by atoms with Gasteiger partial charge in [0.15, 0.2) is 0 Å². The van der Waals surface area contributed by atoms with Gasteiger partial charge in [-0.15, -0.1) is 0 Å². The molecule has 0 radical (unpaired) electrons. The fraction of sp³-hybridized carbons (Fsp3) is 0.433. The van der Waals surface area contributed by atoms with Crippen molar-refractivity contribution in [3.05, 3.63) is 53.6 Å². The molecule has 3 heterocycles. The van der Waals surface area contributed by atoms with Gasteiger partial charge in [-0.1, -0.05) is 31.2 Å². The Kier molecular flexibility index (Phi) is 9.01. The number of carbonyl (C=O) groups excluding carboxylic acids is 2. The lowest BCUT2D eigenvalue weighted by atomic mass is 9.96. The predicted molar refractivity (Wildman–Crippen MR) is 159 cm³/mol. The van der Waals surface area contributed by atoms with Gasteiger partial charge in [0.2, 0.25) is 11.8 Å². The van der Waals surface area contributed by atoms with E-state index in [9.17, 15) is 9.59 Å². The maximum Gasteiger partial charge on any atom is 0.247 e. The number of hydrogen-bond acceptors (Lipinski definition) is 7. The van der Waals surface area contributed by atoms with Gasteiger partial charge in [0.1, 0.15) is 5.84 Å². The zero-order valence-electron chi connectivity index (χ0n) is 22.5. The number of nitrogens with two attached hydrogens (primary N) is 1. The molecule has 0 bridgehead atoms. The quantitative estimate of drug-likeness (QED) is 0.357. The molecule has 2 amide bonds. The largest absolute Gasteiger partial charge is 0.387 e. The first-order chi connectivity index (χ1) is 19.0. The van der Waals surface area contributed by atoms with Crippen molar-refractivity contribution in [2.75, 3.05) is 39.3 Å². The summed E-state index contributed by atoms with van der Waals surface area (Å²) in [7, 11) is 0. The monoisotopic (exact) mass is 546 g/mol. The lowest BCUT2D eigenvalue weighted by Crippen LogP contribution is -2.49. The number of nitrogens with zero attached hydrogens (tertiary/aromatic N) is 2. The summed E-state index contributed by atoms with van der Waals surface area (Å²) in [5, 5.41) is 9.42. The van der Waals surface area contributed by atoms with Crippen molar-refractivity contribution < 1.29 is 9.59 Å². The standard InChI is InChI=1S/C30H38N6O2S/c1-2-10-33-30(38)25-13-24-7-6-23(15-27(24)35-28(31)16-25)22-4-3-5-26(14-22)39-36-18-20(19-36)17-34-29(37)21-8-11-32-12-9-21/h3-7,13-15,20-21,32H,2,8-12,16-19H2,1H3,(H2,31,35)(H,33,38)(H,34,37). The molecule has 0 saturated carbocycles. The highest BCUT2D eigenvalue weighted by Crippen LogP contribution is 2.35. The van der Waals surface area contributed by atoms with Crippen LogP contribution >= 0.6 is 11.9 Å². The van der Waals surface area contributed by atoms with E-state index >= 15 is 0 Å². The number of aliphatic imine (C=N–C) groups is 1. The number of amidine groups is 1. The number of benzene rings is 2. The first-order valence-electron chi connectivity index (χ1n) is 14.0. The maximum absolute atomic E-state index is 12.5. The summed E-state index contributed by atoms with van der Waals surface area (Å²) in [6.45, 7) is 7.24. The van der Waals surface area contributed by atoms with Crippen molar-refractivity contribution in [1.29, 1.82) is 0 Å². The molecule has 2 fully saturated rings. The molecule has 8 nitrogen and oxygen atoms in total. The third-order valence-electron chi connectivity index (χ3n) is 7.42. The van der Waals surface area contributed by atoms with Crippen molar-refractivity contribution in [2.24, 2.45) is 22.6 Å². The minimum absolute atomic E-state index is 0.0889. The van der Waals surface area contributed by atoms with E-state index in [0.29, 0.717) is 30.3 Å². The molecular formula is C30H38N6O2S. The summed E-state index contributed by atoms with van der Waals surface area (Å²) in [5.74, 6) is 1.23. The molecule has 2 saturated heterocycles. The Morgan fingerprint density at radius 2 is 1.90 bits per heavy atom. The van der Waals surface area contributed by atoms with Gasteiger partial charge in [0.25, 0.3) is 0 Å². The highest BCUT2D eigenvalue weighted by Gasteiger charge is 2.29. The Bertz CT molecular complexity index is 1260. The Morgan fingerprint density at radius 1 is 1.10 bits per heavy atom. The van der Waals surface area contributed by atoms with Gasteiger partial charge >= 0.3 is 0 Å². The zero-order chi connectivity index (χ0) is 27.2. The minimum Gasteiger partial charge on any atom is -0.387 e. The Hall–Kier alpha value is -3.14. The first-order valence-corrected chi connectivity index (χ1v) is 14.7. The Labute approximate surface area is 235 Å². The molecule has 39 heavy (non-hydrogen) atoms. The number of nitrogens with one attached hydrogen (secondary N) is 3. The molecule has 5 rings (SSSR count). The van der Waals surface area contributed by atoms with Crippen LogP contribution in [0.25, 0.3) is 17.2 Å². The second-order valence-corrected chi connectivity index (χ2v) is 11.8. The molecule has 2 aromatic carbocycles. The van der Waals surface area contributed by atoms with Gasteiger partial charge in [-0.05, 0) is 79.7 Å². The van der Waals surface area contributed by atoms with Crippen molar-refractivity contribution in [3.63, 3.8) is 0 Å². The molecular weight excluding hydrogens is 508 g/mol. The predicted octanol–water partition coefficient (Wildman–Crippen LogP) is 3.71. The summed E-state index contributed by atoms with van der Waals surface area (Å²) in [6.07, 6.45) is 4.99. The third-order valence-corrected chi connectivity index (χ3v) is 8.44. The number of fused-ring (bicyclic) bond motifs is 1. The Balaban J connectivity index is 1.18. The van der Waals surface area contributed by atoms with Crippen LogP contribution in [0.3, 0.4) is 0 Å². The minimum atomic E-state index is -0.0889. The van der Waals surface area contributed by atoms with Gasteiger partial charge in [-0.25, -0.2) is 9.30 Å². The van der Waals surface area contributed by atoms with Crippen LogP contribution in [0.4, 0.5) is 5.69 Å². The highest BCUT2D eigenvalue weighted by molar-refractivity contribution is 7.97. The molecule has 206 valence electrons. The van der Waals surface area contributed by atoms with E-state index in [2.05, 4.69) is 55.6 Å². The molecule has 0 aliphatic carbocycles. The average molecular weight is 547 g/mol. The van der Waals surface area contributed by atoms with Gasteiger partial charge < -0.3 is 21.7 Å². The topological polar surface area (TPSA) is 112 Å². The molecule has 2 aromatic rings. The fourth-order valence-electron chi connectivity index (χ4n) is 5.15. The van der Waals surface area contributed by atoms with Crippen LogP contribution in [0.2, 0.25) is 0 Å². The first kappa shape index (κ1) is 27.4. The summed E-state index contributed by atoms with van der Waals surface area (Å²) < 4.78 is 2.35. The normalized spacial score (nSPS) is 18.3. The number of hydrogen-bond donors (Lipinski definition) is 4. The molecule has 3 aliphatic rings. The Morgan fingerprint density at radius 3 is 2.69 bits per heavy atom. The van der Waals surface area contributed by atoms with Crippen molar-refractivity contribution in [1.82, 2.24) is 20.3 Å². The van der Waals surface area contributed by atoms with Crippen LogP contribution in [-0.4, -0.2) is 61.2 Å². The van der Waals surface area contributed by atoms with Gasteiger partial charge in [-0.2, -0.15) is 0 Å². The number of piperidine rings is 1. The van der Waals surface area contributed by atoms with Crippen LogP contribution in [0.15, 0.2) is 57.9 Å². The lowest BCUT2D eigenvalue weighted by Gasteiger charge is -2.38. The lowest BCUT2D eigenvalue weighted by molar-refractivity contribution is -0.126. The summed E-state index contributed by atoms with van der Waals surface area (Å²) in [5.41, 5.74) is 10.6. The average Bonchev–Trinajstić information content (AvgIpc) is 3.10. The van der Waals surface area contributed by atoms with E-state index in [1.54, 1.807) is 11.9 Å². The maximum atomic E-state index is 12.5. The number of amides is 2. The summed E-state index contributed by atoms with van der Waals surface area (Å²) in [6, 6.07) is 14.6. The van der Waals surface area contributed by atoms with Gasteiger partial charge in [-0.3, -0.25) is 9.59 Å². The molecule has 3 aliphatic heterocycles. The molecule has 0 atom stereocenters. The molecule has 0 spiro atoms. The highest BCUT2D eigenvalue weighted by atomic mass is 32.2. The van der Waals surface area contributed by atoms with Crippen LogP contribution < -0.4 is 21.7 Å². The number of rotatable bonds is 9. The summed E-state index contributed by atoms with van der Waals surface area (Å²) >= 11 is 1.76. The summed E-state index contributed by atoms with van der Waals surface area (Å²) in [4.78, 5) is 30.7. The van der Waals surface area contributed by atoms with E-state index in [1.165, 1.54) is 4.90 Å². The fourth-order valence-corrected chi connectivity index (χ4v) is 6.34. The third kappa shape index (κ3) is 7.09. The van der Waals surface area contributed by atoms with Crippen LogP contribution in [0.5, 0.6) is 0 Å². The molecule has 0 aromatic heterocycles. The van der Waals surface area contributed by atoms with E-state index in [1.807, 2.05) is 25.1 Å². The van der Waals surface area contributed by atoms with Crippen molar-refractivity contribution in [3.8, 4) is 11.1 Å². The van der Waals surface area contributed by atoms with Gasteiger partial charge in [0, 0.05) is 60.5 Å². The smallest absolute Gasteiger partial charge is 0.247 e. The number of carbonyl (C=O) groups is 2. The zero-order valence-corrected chi connectivity index (χ0v) is 23.4. The molecule has 9 heteroatoms. The van der Waals surface area contributed by atoms with Crippen LogP contribution in [-0.2, 0) is 9.59 Å². The van der Waals surface area contributed by atoms with E-state index < -0.39 is 0 Å². The second-order valence-electron chi connectivity index (χ2n) is 10.6. The van der Waals surface area contributed by atoms with E-state index in [4.69, 9.17) is 5.73 Å². The van der Waals surface area contributed by atoms with Crippen LogP contribution in [0, 0.1) is 11.8 Å². The second kappa shape index (κ2) is 12.8. The molecule has 5 N–H and O–H groups in total. The van der Waals surface area contributed by atoms with E-state index in [0.717, 1.165) is 74.4 Å². The SMILES string of the molecule is CCCNC(=O)C1=Cc2ccc(-c3cccc(SN4CC(CNC(=O)C5CCNCC5)C4)c3)cc2N=C(N)C1. The van der Waals surface area contributed by atoms with E-state index in [-0.39, 0.29) is 17.7 Å². The van der Waals surface area contributed by atoms with Gasteiger partial charge in [0.05, 0.1) is 5.69 Å². The van der Waals surface area contributed by atoms with Crippen LogP contribution in [0.1, 0.15) is 38.2 Å².